The lowest BCUT2D eigenvalue weighted by molar-refractivity contribution is 0.0817. The Morgan fingerprint density at radius 3 is 2.31 bits per heavy atom. The highest BCUT2D eigenvalue weighted by Crippen LogP contribution is 2.14. The summed E-state index contributed by atoms with van der Waals surface area (Å²) in [4.78, 5) is 36.7. The average Bonchev–Trinajstić information content (AvgIpc) is 2.52. The molecule has 0 aliphatic rings. The molecule has 0 radical (unpaired) electrons. The molecule has 26 heavy (non-hydrogen) atoms. The van der Waals surface area contributed by atoms with Gasteiger partial charge in [0.15, 0.2) is 0 Å². The lowest BCUT2D eigenvalue weighted by Gasteiger charge is -2.14. The molecule has 10 nitrogen and oxygen atoms in total. The van der Waals surface area contributed by atoms with Gasteiger partial charge in [0.1, 0.15) is 10.6 Å². The summed E-state index contributed by atoms with van der Waals surface area (Å²) in [7, 11) is -1.41. The van der Waals surface area contributed by atoms with Crippen LogP contribution in [0.25, 0.3) is 0 Å². The van der Waals surface area contributed by atoms with E-state index in [1.165, 1.54) is 37.3 Å². The van der Waals surface area contributed by atoms with Crippen molar-refractivity contribution in [2.24, 2.45) is 0 Å². The molecule has 3 amide bonds. The average molecular weight is 378 g/mol. The largest absolute Gasteiger partial charge is 0.343 e. The van der Waals surface area contributed by atoms with Crippen molar-refractivity contribution in [2.45, 2.75) is 18.7 Å². The molecular weight excluding hydrogens is 360 g/mol. The Hall–Kier alpha value is -3.08. The van der Waals surface area contributed by atoms with E-state index in [-0.39, 0.29) is 11.6 Å². The number of aryl methyl sites for hydroxylation is 2. The SMILES string of the molecule is Cc1cc(C)nc(NC(=O)NS(=O)(=O)c2cccnc2C(=O)N(C)C)n1. The number of carbonyl (C=O) groups excluding carboxylic acids is 2. The number of rotatable bonds is 4. The Morgan fingerprint density at radius 2 is 1.73 bits per heavy atom. The van der Waals surface area contributed by atoms with Gasteiger partial charge in [0.2, 0.25) is 5.95 Å². The summed E-state index contributed by atoms with van der Waals surface area (Å²) >= 11 is 0. The summed E-state index contributed by atoms with van der Waals surface area (Å²) in [6.45, 7) is 3.42. The molecule has 2 N–H and O–H groups in total. The van der Waals surface area contributed by atoms with E-state index in [9.17, 15) is 18.0 Å². The molecule has 0 atom stereocenters. The zero-order valence-electron chi connectivity index (χ0n) is 14.6. The van der Waals surface area contributed by atoms with E-state index in [1.54, 1.807) is 19.9 Å². The molecule has 0 aromatic carbocycles. The molecule has 2 rings (SSSR count). The summed E-state index contributed by atoms with van der Waals surface area (Å²) in [5.74, 6) is -0.644. The number of carbonyl (C=O) groups is 2. The second kappa shape index (κ2) is 7.44. The van der Waals surface area contributed by atoms with Crippen molar-refractivity contribution in [1.29, 1.82) is 0 Å². The number of nitrogens with one attached hydrogen (secondary N) is 2. The molecule has 0 spiro atoms. The monoisotopic (exact) mass is 378 g/mol. The van der Waals surface area contributed by atoms with E-state index in [2.05, 4.69) is 20.3 Å². The highest BCUT2D eigenvalue weighted by atomic mass is 32.2. The predicted octanol–water partition coefficient (Wildman–Crippen LogP) is 0.701. The van der Waals surface area contributed by atoms with Crippen molar-refractivity contribution in [3.8, 4) is 0 Å². The fourth-order valence-electron chi connectivity index (χ4n) is 2.07. The Kier molecular flexibility index (Phi) is 5.50. The lowest BCUT2D eigenvalue weighted by atomic mass is 10.3. The van der Waals surface area contributed by atoms with Crippen LogP contribution in [0.3, 0.4) is 0 Å². The lowest BCUT2D eigenvalue weighted by Crippen LogP contribution is -2.36. The number of hydrogen-bond donors (Lipinski definition) is 2. The van der Waals surface area contributed by atoms with E-state index in [1.807, 2.05) is 4.72 Å². The number of pyridine rings is 1. The topological polar surface area (TPSA) is 134 Å². The van der Waals surface area contributed by atoms with E-state index in [0.717, 1.165) is 0 Å². The van der Waals surface area contributed by atoms with Gasteiger partial charge in [-0.3, -0.25) is 10.1 Å². The molecule has 0 fully saturated rings. The van der Waals surface area contributed by atoms with Crippen LogP contribution in [-0.2, 0) is 10.0 Å². The molecule has 0 unspecified atom stereocenters. The molecule has 2 heterocycles. The number of sulfonamides is 1. The van der Waals surface area contributed by atoms with Crippen LogP contribution in [0.2, 0.25) is 0 Å². The summed E-state index contributed by atoms with van der Waals surface area (Å²) in [6, 6.07) is 3.19. The van der Waals surface area contributed by atoms with Gasteiger partial charge in [0.25, 0.3) is 15.9 Å². The van der Waals surface area contributed by atoms with Crippen molar-refractivity contribution in [1.82, 2.24) is 24.6 Å². The molecular formula is C15H18N6O4S. The first-order valence-electron chi connectivity index (χ1n) is 7.43. The minimum absolute atomic E-state index is 0.0361. The third-order valence-electron chi connectivity index (χ3n) is 3.10. The maximum Gasteiger partial charge on any atom is 0.335 e. The third kappa shape index (κ3) is 4.51. The molecule has 2 aromatic rings. The zero-order chi connectivity index (χ0) is 19.5. The number of aromatic nitrogens is 3. The van der Waals surface area contributed by atoms with Gasteiger partial charge in [-0.05, 0) is 32.0 Å². The van der Waals surface area contributed by atoms with Crippen LogP contribution < -0.4 is 10.0 Å². The molecule has 0 aliphatic heterocycles. The number of nitrogens with zero attached hydrogens (tertiary/aromatic N) is 4. The first-order valence-corrected chi connectivity index (χ1v) is 8.91. The van der Waals surface area contributed by atoms with Crippen LogP contribution in [0.5, 0.6) is 0 Å². The first kappa shape index (κ1) is 19.2. The number of anilines is 1. The molecule has 11 heteroatoms. The Bertz CT molecular complexity index is 938. The maximum atomic E-state index is 12.5. The predicted molar refractivity (Wildman–Crippen MR) is 93.1 cm³/mol. The minimum atomic E-state index is -4.34. The second-order valence-electron chi connectivity index (χ2n) is 5.58. The standard InChI is InChI=1S/C15H18N6O4S/c1-9-8-10(2)18-14(17-9)19-15(23)20-26(24,25)11-6-5-7-16-12(11)13(22)21(3)4/h5-8H,1-4H3,(H2,17,18,19,20,23). The van der Waals surface area contributed by atoms with Crippen molar-refractivity contribution in [3.05, 3.63) is 41.5 Å². The van der Waals surface area contributed by atoms with Gasteiger partial charge in [-0.15, -0.1) is 0 Å². The van der Waals surface area contributed by atoms with Crippen LogP contribution in [0.1, 0.15) is 21.9 Å². The zero-order valence-corrected chi connectivity index (χ0v) is 15.5. The van der Waals surface area contributed by atoms with Gasteiger partial charge in [0.05, 0.1) is 0 Å². The quantitative estimate of drug-likeness (QED) is 0.799. The minimum Gasteiger partial charge on any atom is -0.343 e. The van der Waals surface area contributed by atoms with Gasteiger partial charge >= 0.3 is 6.03 Å². The van der Waals surface area contributed by atoms with Crippen LogP contribution in [0.4, 0.5) is 10.7 Å². The fourth-order valence-corrected chi connectivity index (χ4v) is 3.12. The number of urea groups is 1. The van der Waals surface area contributed by atoms with Crippen molar-refractivity contribution < 1.29 is 18.0 Å². The Labute approximate surface area is 150 Å². The molecule has 138 valence electrons. The summed E-state index contributed by atoms with van der Waals surface area (Å²) in [5, 5.41) is 2.25. The van der Waals surface area contributed by atoms with Crippen LogP contribution >= 0.6 is 0 Å². The van der Waals surface area contributed by atoms with E-state index < -0.39 is 26.9 Å². The van der Waals surface area contributed by atoms with Crippen molar-refractivity contribution in [3.63, 3.8) is 0 Å². The van der Waals surface area contributed by atoms with Crippen LogP contribution in [0.15, 0.2) is 29.3 Å². The summed E-state index contributed by atoms with van der Waals surface area (Å²) in [5.41, 5.74) is 0.934. The van der Waals surface area contributed by atoms with E-state index >= 15 is 0 Å². The summed E-state index contributed by atoms with van der Waals surface area (Å²) in [6.07, 6.45) is 1.29. The third-order valence-corrected chi connectivity index (χ3v) is 4.47. The second-order valence-corrected chi connectivity index (χ2v) is 7.23. The Morgan fingerprint density at radius 1 is 1.12 bits per heavy atom. The molecule has 0 saturated heterocycles. The maximum absolute atomic E-state index is 12.5. The van der Waals surface area contributed by atoms with Crippen LogP contribution in [-0.4, -0.2) is 54.3 Å². The van der Waals surface area contributed by atoms with E-state index in [0.29, 0.717) is 11.4 Å². The van der Waals surface area contributed by atoms with Crippen molar-refractivity contribution in [2.75, 3.05) is 19.4 Å². The normalized spacial score (nSPS) is 10.9. The van der Waals surface area contributed by atoms with Gasteiger partial charge < -0.3 is 4.90 Å². The number of amides is 3. The van der Waals surface area contributed by atoms with E-state index in [4.69, 9.17) is 0 Å². The fraction of sp³-hybridized carbons (Fsp3) is 0.267. The Balaban J connectivity index is 2.26. The highest BCUT2D eigenvalue weighted by Gasteiger charge is 2.26. The van der Waals surface area contributed by atoms with Crippen LogP contribution in [0, 0.1) is 13.8 Å². The number of hydrogen-bond acceptors (Lipinski definition) is 7. The molecule has 0 bridgehead atoms. The van der Waals surface area contributed by atoms with Gasteiger partial charge in [-0.1, -0.05) is 0 Å². The highest BCUT2D eigenvalue weighted by molar-refractivity contribution is 7.90. The molecule has 0 aliphatic carbocycles. The smallest absolute Gasteiger partial charge is 0.335 e. The first-order chi connectivity index (χ1) is 12.1. The van der Waals surface area contributed by atoms with Gasteiger partial charge in [-0.25, -0.2) is 32.9 Å². The van der Waals surface area contributed by atoms with Gasteiger partial charge in [-0.2, -0.15) is 0 Å². The van der Waals surface area contributed by atoms with Gasteiger partial charge in [0, 0.05) is 31.7 Å². The summed E-state index contributed by atoms with van der Waals surface area (Å²) < 4.78 is 26.8. The van der Waals surface area contributed by atoms with Crippen molar-refractivity contribution >= 4 is 27.9 Å². The molecule has 0 saturated carbocycles. The molecule has 2 aromatic heterocycles.